The maximum Gasteiger partial charge on any atom is 0.356 e. The van der Waals surface area contributed by atoms with Crippen molar-refractivity contribution in [2.24, 2.45) is 0 Å². The number of Topliss-reactive ketones (excluding diaryl/α,β-unsaturated/α-hetero) is 1. The summed E-state index contributed by atoms with van der Waals surface area (Å²) in [7, 11) is 0. The van der Waals surface area contributed by atoms with Gasteiger partial charge >= 0.3 is 5.95 Å². The van der Waals surface area contributed by atoms with Crippen LogP contribution in [0.1, 0.15) is 23.7 Å². The Morgan fingerprint density at radius 1 is 1.16 bits per heavy atom. The number of hydrogen-bond donors (Lipinski definition) is 1. The number of benzene rings is 2. The second-order valence-corrected chi connectivity index (χ2v) is 6.45. The molecule has 3 rings (SSSR count). The van der Waals surface area contributed by atoms with Crippen LogP contribution in [0.4, 0.5) is 5.95 Å². The predicted octanol–water partition coefficient (Wildman–Crippen LogP) is 1.11. The number of rotatable bonds is 5. The number of nitrogen functional groups attached to an aromatic ring is 1. The first-order valence-electron chi connectivity index (χ1n) is 7.77. The molecule has 0 bridgehead atoms. The first-order valence-corrected chi connectivity index (χ1v) is 8.53. The molecule has 7 heteroatoms. The number of hydrogen-bond acceptors (Lipinski definition) is 2. The summed E-state index contributed by atoms with van der Waals surface area (Å²) in [5.74, 6) is 0.510. The molecule has 0 fully saturated rings. The van der Waals surface area contributed by atoms with Crippen molar-refractivity contribution in [3.05, 3.63) is 58.1 Å². The summed E-state index contributed by atoms with van der Waals surface area (Å²) < 4.78 is 3.88. The average molecular weight is 443 g/mol. The number of aromatic nitrogens is 2. The largest absolute Gasteiger partial charge is 1.00 e. The number of imidazole rings is 1. The SMILES string of the molecule is CCCn1c(N)[n+](CC(=O)c2ccc(Cl)c(Cl)c2)c2ccccc21.[Br-]. The zero-order valence-electron chi connectivity index (χ0n) is 13.7. The van der Waals surface area contributed by atoms with Gasteiger partial charge in [-0.1, -0.05) is 42.3 Å². The summed E-state index contributed by atoms with van der Waals surface area (Å²) in [5, 5.41) is 0.800. The van der Waals surface area contributed by atoms with Gasteiger partial charge in [-0.15, -0.1) is 0 Å². The zero-order chi connectivity index (χ0) is 17.3. The first-order chi connectivity index (χ1) is 11.5. The lowest BCUT2D eigenvalue weighted by Crippen LogP contribution is -3.00. The molecule has 0 aliphatic heterocycles. The van der Waals surface area contributed by atoms with Crippen molar-refractivity contribution in [3.63, 3.8) is 0 Å². The van der Waals surface area contributed by atoms with E-state index < -0.39 is 0 Å². The number of aryl methyl sites for hydroxylation is 1. The molecule has 0 spiro atoms. The van der Waals surface area contributed by atoms with Crippen LogP contribution in [-0.4, -0.2) is 10.4 Å². The van der Waals surface area contributed by atoms with Crippen molar-refractivity contribution in [2.45, 2.75) is 26.4 Å². The van der Waals surface area contributed by atoms with E-state index in [1.807, 2.05) is 33.4 Å². The molecule has 2 aromatic carbocycles. The number of nitrogens with two attached hydrogens (primary N) is 1. The number of anilines is 1. The van der Waals surface area contributed by atoms with Gasteiger partial charge in [-0.25, -0.2) is 9.13 Å². The summed E-state index contributed by atoms with van der Waals surface area (Å²) in [5.41, 5.74) is 8.79. The van der Waals surface area contributed by atoms with E-state index in [1.54, 1.807) is 18.2 Å². The highest BCUT2D eigenvalue weighted by Crippen LogP contribution is 2.23. The molecule has 1 heterocycles. The third-order valence-corrected chi connectivity index (χ3v) is 4.75. The minimum atomic E-state index is -0.0651. The Hall–Kier alpha value is -1.56. The topological polar surface area (TPSA) is 51.9 Å². The van der Waals surface area contributed by atoms with Gasteiger partial charge in [0.1, 0.15) is 17.6 Å². The number of fused-ring (bicyclic) bond motifs is 1. The van der Waals surface area contributed by atoms with Gasteiger partial charge in [-0.3, -0.25) is 10.5 Å². The molecular formula is C18H18BrCl2N3O. The van der Waals surface area contributed by atoms with E-state index in [-0.39, 0.29) is 29.3 Å². The molecule has 0 aliphatic rings. The van der Waals surface area contributed by atoms with Crippen molar-refractivity contribution >= 4 is 46.0 Å². The van der Waals surface area contributed by atoms with Gasteiger partial charge in [0, 0.05) is 5.56 Å². The summed E-state index contributed by atoms with van der Waals surface area (Å²) in [4.78, 5) is 12.7. The molecule has 0 saturated heterocycles. The zero-order valence-corrected chi connectivity index (χ0v) is 16.8. The quantitative estimate of drug-likeness (QED) is 0.475. The van der Waals surface area contributed by atoms with Crippen LogP contribution in [0.15, 0.2) is 42.5 Å². The Labute approximate surface area is 166 Å². The lowest BCUT2D eigenvalue weighted by atomic mass is 10.1. The van der Waals surface area contributed by atoms with Crippen molar-refractivity contribution in [2.75, 3.05) is 5.73 Å². The molecule has 0 aliphatic carbocycles. The number of halogens is 3. The van der Waals surface area contributed by atoms with Gasteiger partial charge in [0.2, 0.25) is 0 Å². The highest BCUT2D eigenvalue weighted by Gasteiger charge is 2.22. The molecule has 3 aromatic rings. The molecule has 1 aromatic heterocycles. The third-order valence-electron chi connectivity index (χ3n) is 4.01. The molecule has 0 radical (unpaired) electrons. The van der Waals surface area contributed by atoms with Crippen LogP contribution >= 0.6 is 23.2 Å². The van der Waals surface area contributed by atoms with Gasteiger partial charge in [-0.05, 0) is 36.8 Å². The van der Waals surface area contributed by atoms with Gasteiger partial charge in [0.25, 0.3) is 0 Å². The summed E-state index contributed by atoms with van der Waals surface area (Å²) in [6.07, 6.45) is 0.962. The van der Waals surface area contributed by atoms with E-state index >= 15 is 0 Å². The summed E-state index contributed by atoms with van der Waals surface area (Å²) in [6, 6.07) is 12.8. The van der Waals surface area contributed by atoms with Crippen LogP contribution in [0.25, 0.3) is 11.0 Å². The van der Waals surface area contributed by atoms with E-state index in [4.69, 9.17) is 28.9 Å². The van der Waals surface area contributed by atoms with Gasteiger partial charge in [-0.2, -0.15) is 0 Å². The second-order valence-electron chi connectivity index (χ2n) is 5.64. The first kappa shape index (κ1) is 19.8. The predicted molar refractivity (Wildman–Crippen MR) is 97.6 cm³/mol. The molecule has 0 saturated carbocycles. The van der Waals surface area contributed by atoms with Crippen molar-refractivity contribution in [1.29, 1.82) is 0 Å². The van der Waals surface area contributed by atoms with Crippen LogP contribution in [0, 0.1) is 0 Å². The van der Waals surface area contributed by atoms with Crippen LogP contribution in [0.3, 0.4) is 0 Å². The molecule has 0 unspecified atom stereocenters. The Balaban J connectivity index is 0.00000225. The standard InChI is InChI=1S/C18H17Cl2N3O.BrH/c1-2-9-22-15-5-3-4-6-16(15)23(18(22)21)11-17(24)12-7-8-13(19)14(20)10-12;/h3-8,10,21H,2,9,11H2,1H3;1H. The lowest BCUT2D eigenvalue weighted by molar-refractivity contribution is -0.642. The van der Waals surface area contributed by atoms with Crippen LogP contribution in [-0.2, 0) is 13.1 Å². The Bertz CT molecular complexity index is 924. The Morgan fingerprint density at radius 3 is 2.56 bits per heavy atom. The fourth-order valence-corrected chi connectivity index (χ4v) is 3.14. The number of nitrogens with zero attached hydrogens (tertiary/aromatic N) is 2. The fraction of sp³-hybridized carbons (Fsp3) is 0.222. The highest BCUT2D eigenvalue weighted by molar-refractivity contribution is 6.42. The lowest BCUT2D eigenvalue weighted by Gasteiger charge is -2.03. The van der Waals surface area contributed by atoms with E-state index in [0.717, 1.165) is 24.0 Å². The fourth-order valence-electron chi connectivity index (χ4n) is 2.84. The molecule has 4 nitrogen and oxygen atoms in total. The molecule has 25 heavy (non-hydrogen) atoms. The maximum atomic E-state index is 12.7. The van der Waals surface area contributed by atoms with E-state index in [2.05, 4.69) is 6.92 Å². The summed E-state index contributed by atoms with van der Waals surface area (Å²) >= 11 is 11.9. The van der Waals surface area contributed by atoms with Gasteiger partial charge in [0.05, 0.1) is 16.6 Å². The minimum absolute atomic E-state index is 0. The molecular weight excluding hydrogens is 425 g/mol. The molecule has 132 valence electrons. The van der Waals surface area contributed by atoms with E-state index in [0.29, 0.717) is 21.6 Å². The van der Waals surface area contributed by atoms with E-state index in [9.17, 15) is 4.79 Å². The Morgan fingerprint density at radius 2 is 1.88 bits per heavy atom. The third kappa shape index (κ3) is 3.84. The monoisotopic (exact) mass is 441 g/mol. The molecule has 0 amide bonds. The number of para-hydroxylation sites is 2. The van der Waals surface area contributed by atoms with Crippen LogP contribution in [0.2, 0.25) is 10.0 Å². The maximum absolute atomic E-state index is 12.7. The van der Waals surface area contributed by atoms with Crippen molar-refractivity contribution < 1.29 is 26.3 Å². The van der Waals surface area contributed by atoms with Gasteiger partial charge < -0.3 is 17.0 Å². The normalized spacial score (nSPS) is 10.7. The highest BCUT2D eigenvalue weighted by atomic mass is 79.9. The van der Waals surface area contributed by atoms with Crippen LogP contribution in [0.5, 0.6) is 0 Å². The number of carbonyl (C=O) groups is 1. The molecule has 0 atom stereocenters. The molecule has 2 N–H and O–H groups in total. The smallest absolute Gasteiger partial charge is 0.356 e. The summed E-state index contributed by atoms with van der Waals surface area (Å²) in [6.45, 7) is 3.06. The second kappa shape index (κ2) is 8.21. The number of ketones is 1. The minimum Gasteiger partial charge on any atom is -1.00 e. The Kier molecular flexibility index (Phi) is 6.49. The number of carbonyl (C=O) groups excluding carboxylic acids is 1. The van der Waals surface area contributed by atoms with Crippen molar-refractivity contribution in [3.8, 4) is 0 Å². The average Bonchev–Trinajstić information content (AvgIpc) is 2.83. The van der Waals surface area contributed by atoms with Crippen LogP contribution < -0.4 is 27.3 Å². The van der Waals surface area contributed by atoms with Crippen molar-refractivity contribution in [1.82, 2.24) is 4.57 Å². The van der Waals surface area contributed by atoms with Gasteiger partial charge in [0.15, 0.2) is 5.78 Å². The van der Waals surface area contributed by atoms with E-state index in [1.165, 1.54) is 0 Å².